The van der Waals surface area contributed by atoms with Crippen LogP contribution in [0.5, 0.6) is 0 Å². The van der Waals surface area contributed by atoms with Gasteiger partial charge in [0.15, 0.2) is 0 Å². The number of aliphatic hydroxyl groups excluding tert-OH is 1. The molecule has 0 aliphatic carbocycles. The van der Waals surface area contributed by atoms with E-state index in [-0.39, 0.29) is 29.2 Å². The molecule has 9 heteroatoms. The fourth-order valence-electron chi connectivity index (χ4n) is 3.18. The molecule has 0 unspecified atom stereocenters. The zero-order chi connectivity index (χ0) is 23.4. The van der Waals surface area contributed by atoms with Crippen molar-refractivity contribution in [2.24, 2.45) is 0 Å². The van der Waals surface area contributed by atoms with E-state index >= 15 is 0 Å². The summed E-state index contributed by atoms with van der Waals surface area (Å²) in [7, 11) is 0. The van der Waals surface area contributed by atoms with Crippen molar-refractivity contribution in [3.8, 4) is 11.1 Å². The topological polar surface area (TPSA) is 107 Å². The Balaban J connectivity index is 2.10. The van der Waals surface area contributed by atoms with E-state index in [9.17, 15) is 19.1 Å². The Morgan fingerprint density at radius 1 is 1.19 bits per heavy atom. The fourth-order valence-corrected chi connectivity index (χ4v) is 3.36. The van der Waals surface area contributed by atoms with Crippen molar-refractivity contribution in [2.75, 3.05) is 11.9 Å². The SMILES string of the molecule is CC(C)c1[nH]c(=O)c(-c2cc(Cl)ccc2F)cc1Nc1ccncc1C(=O)N[C@@H](C)CO. The highest BCUT2D eigenvalue weighted by molar-refractivity contribution is 6.30. The maximum absolute atomic E-state index is 14.5. The summed E-state index contributed by atoms with van der Waals surface area (Å²) >= 11 is 6.02. The Morgan fingerprint density at radius 3 is 2.62 bits per heavy atom. The highest BCUT2D eigenvalue weighted by Crippen LogP contribution is 2.31. The van der Waals surface area contributed by atoms with Crippen molar-refractivity contribution in [3.05, 3.63) is 75.2 Å². The van der Waals surface area contributed by atoms with Crippen LogP contribution in [-0.2, 0) is 0 Å². The number of aliphatic hydroxyl groups is 1. The van der Waals surface area contributed by atoms with Gasteiger partial charge >= 0.3 is 0 Å². The van der Waals surface area contributed by atoms with Crippen LogP contribution in [-0.4, -0.2) is 33.6 Å². The average molecular weight is 459 g/mol. The lowest BCUT2D eigenvalue weighted by Crippen LogP contribution is -2.35. The van der Waals surface area contributed by atoms with Crippen molar-refractivity contribution in [3.63, 3.8) is 0 Å². The normalized spacial score (nSPS) is 12.0. The zero-order valence-corrected chi connectivity index (χ0v) is 18.6. The number of aromatic nitrogens is 2. The van der Waals surface area contributed by atoms with Crippen LogP contribution in [0.1, 0.15) is 42.7 Å². The number of hydrogen-bond donors (Lipinski definition) is 4. The molecule has 32 heavy (non-hydrogen) atoms. The van der Waals surface area contributed by atoms with Crippen LogP contribution in [0.4, 0.5) is 15.8 Å². The van der Waals surface area contributed by atoms with Gasteiger partial charge in [0.25, 0.3) is 11.5 Å². The number of carbonyl (C=O) groups is 1. The second-order valence-corrected chi connectivity index (χ2v) is 8.16. The third-order valence-electron chi connectivity index (χ3n) is 4.85. The number of nitrogens with one attached hydrogen (secondary N) is 3. The number of H-pyrrole nitrogens is 1. The largest absolute Gasteiger partial charge is 0.394 e. The number of anilines is 2. The number of nitrogens with zero attached hydrogens (tertiary/aromatic N) is 1. The predicted octanol–water partition coefficient (Wildman–Crippen LogP) is 4.21. The van der Waals surface area contributed by atoms with Crippen molar-refractivity contribution in [1.29, 1.82) is 0 Å². The first-order valence-corrected chi connectivity index (χ1v) is 10.4. The quantitative estimate of drug-likeness (QED) is 0.424. The van der Waals surface area contributed by atoms with E-state index < -0.39 is 23.3 Å². The molecule has 0 saturated heterocycles. The number of hydrogen-bond acceptors (Lipinski definition) is 5. The summed E-state index contributed by atoms with van der Waals surface area (Å²) in [6.07, 6.45) is 2.92. The summed E-state index contributed by atoms with van der Waals surface area (Å²) in [5.41, 5.74) is 1.51. The standard InChI is InChI=1S/C23H24ClFN4O3/c1-12(2)21-20(9-16(22(31)29-21)15-8-14(24)4-5-18(15)25)28-19-6-7-26-10-17(19)23(32)27-13(3)11-30/h4-10,12-13,30H,11H2,1-3H3,(H,26,28)(H,27,32)(H,29,31)/t13-/m0/s1. The van der Waals surface area contributed by atoms with E-state index in [4.69, 9.17) is 11.6 Å². The van der Waals surface area contributed by atoms with Gasteiger partial charge in [0.1, 0.15) is 5.82 Å². The van der Waals surface area contributed by atoms with Gasteiger partial charge in [-0.1, -0.05) is 25.4 Å². The second-order valence-electron chi connectivity index (χ2n) is 7.72. The molecule has 0 fully saturated rings. The van der Waals surface area contributed by atoms with E-state index in [2.05, 4.69) is 20.6 Å². The van der Waals surface area contributed by atoms with Crippen molar-refractivity contribution >= 4 is 28.9 Å². The smallest absolute Gasteiger partial charge is 0.256 e. The lowest BCUT2D eigenvalue weighted by molar-refractivity contribution is 0.0923. The predicted molar refractivity (Wildman–Crippen MR) is 123 cm³/mol. The van der Waals surface area contributed by atoms with Gasteiger partial charge in [-0.2, -0.15) is 0 Å². The highest BCUT2D eigenvalue weighted by atomic mass is 35.5. The van der Waals surface area contributed by atoms with Crippen LogP contribution in [0.3, 0.4) is 0 Å². The molecule has 0 bridgehead atoms. The molecule has 1 aromatic carbocycles. The summed E-state index contributed by atoms with van der Waals surface area (Å²) in [6.45, 7) is 5.27. The van der Waals surface area contributed by atoms with Crippen LogP contribution in [0.2, 0.25) is 5.02 Å². The van der Waals surface area contributed by atoms with Crippen LogP contribution in [0, 0.1) is 5.82 Å². The minimum Gasteiger partial charge on any atom is -0.394 e. The molecule has 1 amide bonds. The van der Waals surface area contributed by atoms with Crippen LogP contribution >= 0.6 is 11.6 Å². The van der Waals surface area contributed by atoms with Gasteiger partial charge in [-0.15, -0.1) is 0 Å². The van der Waals surface area contributed by atoms with E-state index in [0.717, 1.165) is 0 Å². The number of rotatable bonds is 7. The first kappa shape index (κ1) is 23.4. The third kappa shape index (κ3) is 5.15. The van der Waals surface area contributed by atoms with Crippen molar-refractivity contribution < 1.29 is 14.3 Å². The number of aromatic amines is 1. The van der Waals surface area contributed by atoms with E-state index in [1.54, 1.807) is 19.1 Å². The minimum absolute atomic E-state index is 0.0709. The molecule has 0 aliphatic rings. The molecule has 3 rings (SSSR count). The monoisotopic (exact) mass is 458 g/mol. The van der Waals surface area contributed by atoms with Crippen molar-refractivity contribution in [2.45, 2.75) is 32.7 Å². The van der Waals surface area contributed by atoms with Gasteiger partial charge in [0.05, 0.1) is 29.1 Å². The van der Waals surface area contributed by atoms with Crippen molar-refractivity contribution in [1.82, 2.24) is 15.3 Å². The molecule has 2 aromatic heterocycles. The first-order chi connectivity index (χ1) is 15.2. The molecule has 0 spiro atoms. The van der Waals surface area contributed by atoms with Gasteiger partial charge in [-0.3, -0.25) is 14.6 Å². The number of amides is 1. The van der Waals surface area contributed by atoms with E-state index in [1.165, 1.54) is 30.6 Å². The van der Waals surface area contributed by atoms with Crippen LogP contribution in [0.25, 0.3) is 11.1 Å². The Bertz CT molecular complexity index is 1200. The summed E-state index contributed by atoms with van der Waals surface area (Å²) in [6, 6.07) is 6.73. The average Bonchev–Trinajstić information content (AvgIpc) is 2.76. The number of pyridine rings is 2. The molecule has 0 radical (unpaired) electrons. The Morgan fingerprint density at radius 2 is 1.94 bits per heavy atom. The summed E-state index contributed by atoms with van der Waals surface area (Å²) in [5.74, 6) is -1.07. The molecule has 0 aliphatic heterocycles. The highest BCUT2D eigenvalue weighted by Gasteiger charge is 2.19. The van der Waals surface area contributed by atoms with Gasteiger partial charge in [0, 0.05) is 34.7 Å². The molecule has 2 heterocycles. The van der Waals surface area contributed by atoms with Crippen LogP contribution < -0.4 is 16.2 Å². The second kappa shape index (κ2) is 9.93. The summed E-state index contributed by atoms with van der Waals surface area (Å²) < 4.78 is 14.5. The van der Waals surface area contributed by atoms with Gasteiger partial charge in [-0.25, -0.2) is 4.39 Å². The van der Waals surface area contributed by atoms with E-state index in [0.29, 0.717) is 22.1 Å². The van der Waals surface area contributed by atoms with Crippen LogP contribution in [0.15, 0.2) is 47.5 Å². The maximum atomic E-state index is 14.5. The molecular weight excluding hydrogens is 435 g/mol. The lowest BCUT2D eigenvalue weighted by atomic mass is 10.0. The van der Waals surface area contributed by atoms with E-state index in [1.807, 2.05) is 13.8 Å². The summed E-state index contributed by atoms with van der Waals surface area (Å²) in [5, 5.41) is 15.4. The number of benzene rings is 1. The molecule has 1 atom stereocenters. The molecule has 3 aromatic rings. The van der Waals surface area contributed by atoms with Gasteiger partial charge in [0.2, 0.25) is 0 Å². The molecular formula is C23H24ClFN4O3. The molecule has 4 N–H and O–H groups in total. The Hall–Kier alpha value is -3.23. The molecule has 168 valence electrons. The third-order valence-corrected chi connectivity index (χ3v) is 5.09. The maximum Gasteiger partial charge on any atom is 0.256 e. The number of carbonyl (C=O) groups excluding carboxylic acids is 1. The molecule has 0 saturated carbocycles. The fraction of sp³-hybridized carbons (Fsp3) is 0.261. The minimum atomic E-state index is -0.579. The Labute approximate surface area is 189 Å². The Kier molecular flexibility index (Phi) is 7.27. The zero-order valence-electron chi connectivity index (χ0n) is 17.9. The summed E-state index contributed by atoms with van der Waals surface area (Å²) in [4.78, 5) is 32.2. The molecule has 7 nitrogen and oxygen atoms in total. The van der Waals surface area contributed by atoms with Gasteiger partial charge < -0.3 is 20.7 Å². The lowest BCUT2D eigenvalue weighted by Gasteiger charge is -2.18. The van der Waals surface area contributed by atoms with Gasteiger partial charge in [-0.05, 0) is 43.2 Å². The first-order valence-electron chi connectivity index (χ1n) is 10.1. The number of halogens is 2.